The number of alkyl halides is 3. The Morgan fingerprint density at radius 2 is 1.95 bits per heavy atom. The van der Waals surface area contributed by atoms with Crippen LogP contribution in [0, 0.1) is 5.92 Å². The Labute approximate surface area is 128 Å². The number of nitrogens with one attached hydrogen (secondary N) is 1. The molecule has 1 heterocycles. The summed E-state index contributed by atoms with van der Waals surface area (Å²) in [6.07, 6.45) is -3.76. The van der Waals surface area contributed by atoms with Crippen molar-refractivity contribution in [1.29, 1.82) is 0 Å². The second-order valence-electron chi connectivity index (χ2n) is 5.36. The van der Waals surface area contributed by atoms with Gasteiger partial charge in [-0.1, -0.05) is 24.6 Å². The van der Waals surface area contributed by atoms with Crippen LogP contribution in [0.2, 0.25) is 5.02 Å². The van der Waals surface area contributed by atoms with Gasteiger partial charge in [0, 0.05) is 30.3 Å². The van der Waals surface area contributed by atoms with Crippen molar-refractivity contribution in [1.82, 2.24) is 5.32 Å². The van der Waals surface area contributed by atoms with Crippen LogP contribution in [0.4, 0.5) is 18.9 Å². The topological polar surface area (TPSA) is 15.3 Å². The molecule has 0 aromatic heterocycles. The summed E-state index contributed by atoms with van der Waals surface area (Å²) in [6, 6.07) is 5.73. The highest BCUT2D eigenvalue weighted by atomic mass is 35.5. The minimum atomic E-state index is -4.07. The fourth-order valence-corrected chi connectivity index (χ4v) is 2.84. The van der Waals surface area contributed by atoms with Gasteiger partial charge in [-0.2, -0.15) is 13.2 Å². The molecule has 6 heteroatoms. The SMILES string of the molecule is CCNCc1ccc(N2CCC(C(F)(F)F)CC2)cc1Cl. The summed E-state index contributed by atoms with van der Waals surface area (Å²) in [5.74, 6) is -1.17. The molecule has 0 radical (unpaired) electrons. The van der Waals surface area contributed by atoms with E-state index in [2.05, 4.69) is 5.32 Å². The highest BCUT2D eigenvalue weighted by molar-refractivity contribution is 6.31. The monoisotopic (exact) mass is 320 g/mol. The van der Waals surface area contributed by atoms with Crippen LogP contribution in [-0.2, 0) is 6.54 Å². The number of nitrogens with zero attached hydrogens (tertiary/aromatic N) is 1. The summed E-state index contributed by atoms with van der Waals surface area (Å²) < 4.78 is 38.0. The average molecular weight is 321 g/mol. The van der Waals surface area contributed by atoms with E-state index in [1.165, 1.54) is 0 Å². The van der Waals surface area contributed by atoms with Crippen molar-refractivity contribution in [3.05, 3.63) is 28.8 Å². The third-order valence-corrected chi connectivity index (χ3v) is 4.28. The van der Waals surface area contributed by atoms with Gasteiger partial charge in [-0.15, -0.1) is 0 Å². The van der Waals surface area contributed by atoms with Crippen LogP contribution in [0.3, 0.4) is 0 Å². The van der Waals surface area contributed by atoms with Gasteiger partial charge >= 0.3 is 6.18 Å². The van der Waals surface area contributed by atoms with E-state index in [4.69, 9.17) is 11.6 Å². The maximum Gasteiger partial charge on any atom is 0.391 e. The van der Waals surface area contributed by atoms with Crippen molar-refractivity contribution < 1.29 is 13.2 Å². The number of hydrogen-bond donors (Lipinski definition) is 1. The summed E-state index contributed by atoms with van der Waals surface area (Å²) in [5.41, 5.74) is 1.91. The number of hydrogen-bond acceptors (Lipinski definition) is 2. The maximum absolute atomic E-state index is 12.7. The molecule has 1 saturated heterocycles. The fraction of sp³-hybridized carbons (Fsp3) is 0.600. The third-order valence-electron chi connectivity index (χ3n) is 3.93. The zero-order chi connectivity index (χ0) is 15.5. The molecule has 0 atom stereocenters. The highest BCUT2D eigenvalue weighted by Crippen LogP contribution is 2.36. The molecule has 0 unspecified atom stereocenters. The lowest BCUT2D eigenvalue weighted by Crippen LogP contribution is -2.39. The third kappa shape index (κ3) is 4.27. The largest absolute Gasteiger partial charge is 0.391 e. The maximum atomic E-state index is 12.7. The Kier molecular flexibility index (Phi) is 5.38. The van der Waals surface area contributed by atoms with Crippen molar-refractivity contribution in [2.45, 2.75) is 32.5 Å². The number of benzene rings is 1. The zero-order valence-electron chi connectivity index (χ0n) is 12.0. The summed E-state index contributed by atoms with van der Waals surface area (Å²) in [7, 11) is 0. The van der Waals surface area contributed by atoms with Crippen LogP contribution in [0.25, 0.3) is 0 Å². The first kappa shape index (κ1) is 16.4. The van der Waals surface area contributed by atoms with Gasteiger partial charge in [-0.3, -0.25) is 0 Å². The average Bonchev–Trinajstić information content (AvgIpc) is 2.45. The molecule has 1 aromatic rings. The predicted octanol–water partition coefficient (Wildman–Crippen LogP) is 4.23. The van der Waals surface area contributed by atoms with Crippen LogP contribution in [-0.4, -0.2) is 25.8 Å². The van der Waals surface area contributed by atoms with Crippen LogP contribution in [0.1, 0.15) is 25.3 Å². The molecule has 118 valence electrons. The highest BCUT2D eigenvalue weighted by Gasteiger charge is 2.41. The van der Waals surface area contributed by atoms with E-state index in [9.17, 15) is 13.2 Å². The lowest BCUT2D eigenvalue weighted by atomic mass is 9.96. The Hall–Kier alpha value is -0.940. The van der Waals surface area contributed by atoms with Gasteiger partial charge in [-0.25, -0.2) is 0 Å². The molecule has 1 aromatic carbocycles. The van der Waals surface area contributed by atoms with Crippen LogP contribution >= 0.6 is 11.6 Å². The second kappa shape index (κ2) is 6.88. The van der Waals surface area contributed by atoms with Crippen LogP contribution in [0.15, 0.2) is 18.2 Å². The van der Waals surface area contributed by atoms with Gasteiger partial charge in [0.25, 0.3) is 0 Å². The van der Waals surface area contributed by atoms with Crippen LogP contribution < -0.4 is 10.2 Å². The Morgan fingerprint density at radius 3 is 2.48 bits per heavy atom. The van der Waals surface area contributed by atoms with E-state index >= 15 is 0 Å². The first-order valence-corrected chi connectivity index (χ1v) is 7.60. The van der Waals surface area contributed by atoms with E-state index in [0.29, 0.717) is 24.7 Å². The summed E-state index contributed by atoms with van der Waals surface area (Å²) in [4.78, 5) is 1.98. The molecule has 1 aliphatic heterocycles. The van der Waals surface area contributed by atoms with E-state index in [1.807, 2.05) is 30.0 Å². The van der Waals surface area contributed by atoms with Crippen molar-refractivity contribution in [3.63, 3.8) is 0 Å². The minimum absolute atomic E-state index is 0.153. The normalized spacial score (nSPS) is 17.3. The minimum Gasteiger partial charge on any atom is -0.371 e. The molecule has 0 saturated carbocycles. The van der Waals surface area contributed by atoms with Gasteiger partial charge in [0.15, 0.2) is 0 Å². The number of halogens is 4. The van der Waals surface area contributed by atoms with Crippen LogP contribution in [0.5, 0.6) is 0 Å². The van der Waals surface area contributed by atoms with Gasteiger partial charge in [-0.05, 0) is 37.1 Å². The molecule has 2 rings (SSSR count). The summed E-state index contributed by atoms with van der Waals surface area (Å²) >= 11 is 6.24. The molecule has 0 amide bonds. The molecule has 1 aliphatic rings. The predicted molar refractivity (Wildman–Crippen MR) is 79.8 cm³/mol. The van der Waals surface area contributed by atoms with Gasteiger partial charge in [0.1, 0.15) is 0 Å². The van der Waals surface area contributed by atoms with Crippen molar-refractivity contribution >= 4 is 17.3 Å². The first-order chi connectivity index (χ1) is 9.91. The van der Waals surface area contributed by atoms with Gasteiger partial charge in [0.05, 0.1) is 5.92 Å². The molecule has 0 spiro atoms. The van der Waals surface area contributed by atoms with Gasteiger partial charge in [0.2, 0.25) is 0 Å². The zero-order valence-corrected chi connectivity index (χ0v) is 12.8. The lowest BCUT2D eigenvalue weighted by Gasteiger charge is -2.34. The van der Waals surface area contributed by atoms with E-state index in [-0.39, 0.29) is 12.8 Å². The molecular weight excluding hydrogens is 301 g/mol. The molecule has 0 bridgehead atoms. The van der Waals surface area contributed by atoms with E-state index in [0.717, 1.165) is 17.8 Å². The Bertz CT molecular complexity index is 468. The quantitative estimate of drug-likeness (QED) is 0.893. The van der Waals surface area contributed by atoms with E-state index < -0.39 is 12.1 Å². The standard InChI is InChI=1S/C15H20ClF3N2/c1-2-20-10-11-3-4-13(9-14(11)16)21-7-5-12(6-8-21)15(17,18)19/h3-4,9,12,20H,2,5-8,10H2,1H3. The Balaban J connectivity index is 1.99. The molecule has 0 aliphatic carbocycles. The number of piperidine rings is 1. The van der Waals surface area contributed by atoms with Crippen molar-refractivity contribution in [2.75, 3.05) is 24.5 Å². The van der Waals surface area contributed by atoms with Crippen molar-refractivity contribution in [3.8, 4) is 0 Å². The lowest BCUT2D eigenvalue weighted by molar-refractivity contribution is -0.179. The molecule has 1 N–H and O–H groups in total. The number of rotatable bonds is 4. The van der Waals surface area contributed by atoms with Gasteiger partial charge < -0.3 is 10.2 Å². The molecule has 21 heavy (non-hydrogen) atoms. The van der Waals surface area contributed by atoms with E-state index in [1.54, 1.807) is 0 Å². The number of anilines is 1. The fourth-order valence-electron chi connectivity index (χ4n) is 2.60. The van der Waals surface area contributed by atoms with Crippen molar-refractivity contribution in [2.24, 2.45) is 5.92 Å². The molecular formula is C15H20ClF3N2. The molecule has 2 nitrogen and oxygen atoms in total. The smallest absolute Gasteiger partial charge is 0.371 e. The second-order valence-corrected chi connectivity index (χ2v) is 5.77. The summed E-state index contributed by atoms with van der Waals surface area (Å²) in [5, 5.41) is 3.86. The molecule has 1 fully saturated rings. The first-order valence-electron chi connectivity index (χ1n) is 7.22. The summed E-state index contributed by atoms with van der Waals surface area (Å²) in [6.45, 7) is 4.43. The Morgan fingerprint density at radius 1 is 1.29 bits per heavy atom.